The van der Waals surface area contributed by atoms with Crippen LogP contribution in [-0.4, -0.2) is 40.0 Å². The third kappa shape index (κ3) is 3.74. The van der Waals surface area contributed by atoms with Crippen LogP contribution in [0.25, 0.3) is 0 Å². The maximum atomic E-state index is 12.3. The van der Waals surface area contributed by atoms with E-state index >= 15 is 0 Å². The minimum atomic E-state index is -3.69. The van der Waals surface area contributed by atoms with Gasteiger partial charge in [0.05, 0.1) is 17.5 Å². The molecular weight excluding hydrogens is 333 g/mol. The van der Waals surface area contributed by atoms with Gasteiger partial charge in [-0.3, -0.25) is 0 Å². The topological polar surface area (TPSA) is 46.6 Å². The summed E-state index contributed by atoms with van der Waals surface area (Å²) in [6, 6.07) is 2.85. The van der Waals surface area contributed by atoms with Crippen LogP contribution < -0.4 is 0 Å². The van der Waals surface area contributed by atoms with Gasteiger partial charge in [-0.1, -0.05) is 23.2 Å². The van der Waals surface area contributed by atoms with Crippen LogP contribution in [0.3, 0.4) is 0 Å². The van der Waals surface area contributed by atoms with E-state index < -0.39 is 10.0 Å². The number of hydrogen-bond donors (Lipinski definition) is 0. The Kier molecular flexibility index (Phi) is 6.36. The molecule has 0 fully saturated rings. The van der Waals surface area contributed by atoms with Crippen molar-refractivity contribution in [2.75, 3.05) is 27.3 Å². The first-order valence-corrected chi connectivity index (χ1v) is 8.07. The zero-order valence-corrected chi connectivity index (χ0v) is 13.6. The normalized spacial score (nSPS) is 12.1. The van der Waals surface area contributed by atoms with E-state index in [1.54, 1.807) is 0 Å². The van der Waals surface area contributed by atoms with E-state index in [1.165, 1.54) is 30.6 Å². The van der Waals surface area contributed by atoms with E-state index in [4.69, 9.17) is 39.5 Å². The van der Waals surface area contributed by atoms with Gasteiger partial charge >= 0.3 is 0 Å². The Morgan fingerprint density at radius 2 is 1.95 bits per heavy atom. The van der Waals surface area contributed by atoms with Crippen LogP contribution in [-0.2, 0) is 20.6 Å². The molecule has 0 atom stereocenters. The van der Waals surface area contributed by atoms with Crippen molar-refractivity contribution in [3.05, 3.63) is 27.7 Å². The third-order valence-electron chi connectivity index (χ3n) is 2.58. The number of ether oxygens (including phenoxy) is 1. The predicted octanol–water partition coefficient (Wildman–Crippen LogP) is 3.00. The molecule has 19 heavy (non-hydrogen) atoms. The molecule has 1 rings (SSSR count). The quantitative estimate of drug-likeness (QED) is 0.744. The molecule has 0 heterocycles. The highest BCUT2D eigenvalue weighted by molar-refractivity contribution is 7.89. The van der Waals surface area contributed by atoms with Gasteiger partial charge in [0.15, 0.2) is 0 Å². The number of hydrogen-bond acceptors (Lipinski definition) is 3. The van der Waals surface area contributed by atoms with E-state index in [9.17, 15) is 8.42 Å². The van der Waals surface area contributed by atoms with Crippen LogP contribution in [0, 0.1) is 0 Å². The molecule has 1 aromatic carbocycles. The summed E-state index contributed by atoms with van der Waals surface area (Å²) in [4.78, 5) is -0.00665. The van der Waals surface area contributed by atoms with Crippen molar-refractivity contribution in [3.8, 4) is 0 Å². The van der Waals surface area contributed by atoms with Crippen molar-refractivity contribution in [3.63, 3.8) is 0 Å². The molecule has 0 aliphatic heterocycles. The number of likely N-dealkylation sites (N-methyl/N-ethyl adjacent to an activating group) is 1. The molecule has 0 amide bonds. The maximum Gasteiger partial charge on any atom is 0.244 e. The van der Waals surface area contributed by atoms with Crippen molar-refractivity contribution in [1.82, 2.24) is 4.31 Å². The molecule has 0 unspecified atom stereocenters. The zero-order valence-electron chi connectivity index (χ0n) is 10.5. The molecule has 1 aromatic rings. The van der Waals surface area contributed by atoms with Crippen molar-refractivity contribution in [1.29, 1.82) is 0 Å². The molecule has 108 valence electrons. The summed E-state index contributed by atoms with van der Waals surface area (Å²) in [6.07, 6.45) is 0. The number of nitrogens with zero attached hydrogens (tertiary/aromatic N) is 1. The summed E-state index contributed by atoms with van der Waals surface area (Å²) in [5.74, 6) is 0.0445. The fourth-order valence-corrected chi connectivity index (χ4v) is 3.86. The molecular formula is C11H14Cl3NO3S. The van der Waals surface area contributed by atoms with Crippen LogP contribution >= 0.6 is 34.8 Å². The minimum absolute atomic E-state index is 0.00665. The Morgan fingerprint density at radius 3 is 2.47 bits per heavy atom. The summed E-state index contributed by atoms with van der Waals surface area (Å²) in [5, 5.41) is 0.408. The molecule has 8 heteroatoms. The molecule has 0 radical (unpaired) electrons. The molecule has 4 nitrogen and oxygen atoms in total. The van der Waals surface area contributed by atoms with Crippen molar-refractivity contribution < 1.29 is 13.2 Å². The Morgan fingerprint density at radius 1 is 1.32 bits per heavy atom. The lowest BCUT2D eigenvalue weighted by Crippen LogP contribution is -2.30. The fourth-order valence-electron chi connectivity index (χ4n) is 1.41. The van der Waals surface area contributed by atoms with Crippen molar-refractivity contribution in [2.45, 2.75) is 10.8 Å². The first-order chi connectivity index (χ1) is 8.86. The summed E-state index contributed by atoms with van der Waals surface area (Å²) < 4.78 is 30.7. The van der Waals surface area contributed by atoms with Crippen LogP contribution in [0.2, 0.25) is 10.0 Å². The lowest BCUT2D eigenvalue weighted by Gasteiger charge is -2.18. The van der Waals surface area contributed by atoms with Gasteiger partial charge < -0.3 is 4.74 Å². The lowest BCUT2D eigenvalue weighted by atomic mass is 10.2. The molecule has 0 aliphatic carbocycles. The van der Waals surface area contributed by atoms with Gasteiger partial charge in [0.2, 0.25) is 10.0 Å². The summed E-state index contributed by atoms with van der Waals surface area (Å²) in [6.45, 7) is 0.525. The van der Waals surface area contributed by atoms with E-state index in [0.29, 0.717) is 17.2 Å². The number of halogens is 3. The van der Waals surface area contributed by atoms with Crippen LogP contribution in [0.5, 0.6) is 0 Å². The van der Waals surface area contributed by atoms with E-state index in [1.807, 2.05) is 0 Å². The molecule has 0 saturated carbocycles. The Hall–Kier alpha value is -0.0400. The van der Waals surface area contributed by atoms with Crippen molar-refractivity contribution >= 4 is 44.8 Å². The highest BCUT2D eigenvalue weighted by atomic mass is 35.5. The van der Waals surface area contributed by atoms with E-state index in [2.05, 4.69) is 0 Å². The zero-order chi connectivity index (χ0) is 14.6. The summed E-state index contributed by atoms with van der Waals surface area (Å²) >= 11 is 17.7. The van der Waals surface area contributed by atoms with Crippen LogP contribution in [0.1, 0.15) is 5.56 Å². The standard InChI is InChI=1S/C11H14Cl3NO3S/c1-15(5-6-18-2)19(16,17)10-4-3-9(13)8(7-12)11(10)14/h3-4H,5-7H2,1-2H3. The Balaban J connectivity index is 3.22. The monoisotopic (exact) mass is 345 g/mol. The first kappa shape index (κ1) is 17.0. The third-order valence-corrected chi connectivity index (χ3v) is 5.65. The molecule has 0 spiro atoms. The average molecular weight is 347 g/mol. The average Bonchev–Trinajstić information content (AvgIpc) is 2.36. The first-order valence-electron chi connectivity index (χ1n) is 5.34. The highest BCUT2D eigenvalue weighted by Gasteiger charge is 2.25. The van der Waals surface area contributed by atoms with Gasteiger partial charge in [-0.05, 0) is 12.1 Å². The van der Waals surface area contributed by atoms with Crippen LogP contribution in [0.4, 0.5) is 0 Å². The van der Waals surface area contributed by atoms with E-state index in [0.717, 1.165) is 0 Å². The van der Waals surface area contributed by atoms with Gasteiger partial charge in [0, 0.05) is 31.3 Å². The highest BCUT2D eigenvalue weighted by Crippen LogP contribution is 2.33. The summed E-state index contributed by atoms with van der Waals surface area (Å²) in [5.41, 5.74) is 0.409. The van der Waals surface area contributed by atoms with Gasteiger partial charge in [-0.25, -0.2) is 8.42 Å². The largest absolute Gasteiger partial charge is 0.383 e. The minimum Gasteiger partial charge on any atom is -0.383 e. The second-order valence-corrected chi connectivity index (χ2v) is 6.86. The molecule has 0 saturated heterocycles. The molecule has 0 bridgehead atoms. The second kappa shape index (κ2) is 7.11. The molecule has 0 aliphatic rings. The predicted molar refractivity (Wildman–Crippen MR) is 77.7 cm³/mol. The van der Waals surface area contributed by atoms with Gasteiger partial charge in [-0.15, -0.1) is 11.6 Å². The number of methoxy groups -OCH3 is 1. The van der Waals surface area contributed by atoms with Crippen molar-refractivity contribution in [2.24, 2.45) is 0 Å². The number of rotatable bonds is 6. The second-order valence-electron chi connectivity index (χ2n) is 3.79. The van der Waals surface area contributed by atoms with Gasteiger partial charge in [0.25, 0.3) is 0 Å². The lowest BCUT2D eigenvalue weighted by molar-refractivity contribution is 0.185. The number of sulfonamides is 1. The molecule has 0 N–H and O–H groups in total. The summed E-state index contributed by atoms with van der Waals surface area (Å²) in [7, 11) is -0.728. The molecule has 0 aromatic heterocycles. The maximum absolute atomic E-state index is 12.3. The smallest absolute Gasteiger partial charge is 0.244 e. The number of alkyl halides is 1. The van der Waals surface area contributed by atoms with Gasteiger partial charge in [-0.2, -0.15) is 4.31 Å². The Bertz CT molecular complexity index is 548. The Labute approximate surface area is 128 Å². The van der Waals surface area contributed by atoms with Gasteiger partial charge in [0.1, 0.15) is 4.90 Å². The SMILES string of the molecule is COCCN(C)S(=O)(=O)c1ccc(Cl)c(CCl)c1Cl. The van der Waals surface area contributed by atoms with E-state index in [-0.39, 0.29) is 22.3 Å². The van der Waals surface area contributed by atoms with Crippen LogP contribution in [0.15, 0.2) is 17.0 Å². The number of benzene rings is 1. The fraction of sp³-hybridized carbons (Fsp3) is 0.455.